The molecule has 0 spiro atoms. The van der Waals surface area contributed by atoms with Crippen molar-refractivity contribution < 1.29 is 14.3 Å². The number of hydrogen-bond acceptors (Lipinski definition) is 3. The lowest BCUT2D eigenvalue weighted by Gasteiger charge is -2.36. The molecule has 0 fully saturated rings. The van der Waals surface area contributed by atoms with Gasteiger partial charge in [-0.25, -0.2) is 0 Å². The first kappa shape index (κ1) is 12.0. The average molecular weight is 234 g/mol. The van der Waals surface area contributed by atoms with Crippen molar-refractivity contribution in [2.45, 2.75) is 38.7 Å². The van der Waals surface area contributed by atoms with Crippen molar-refractivity contribution in [3.63, 3.8) is 0 Å². The van der Waals surface area contributed by atoms with Crippen LogP contribution in [0.4, 0.5) is 0 Å². The standard InChI is InChI=1S/C14H18O3/c1-4-16-13(15)11-9-14(2,3)17-12-8-6-5-7-10(11)12/h5-8,11H,4,9H2,1-3H3. The molecule has 1 aliphatic heterocycles. The number of hydrogen-bond donors (Lipinski definition) is 0. The van der Waals surface area contributed by atoms with Crippen LogP contribution in [0.5, 0.6) is 5.75 Å². The lowest BCUT2D eigenvalue weighted by Crippen LogP contribution is -2.37. The van der Waals surface area contributed by atoms with Gasteiger partial charge in [-0.1, -0.05) is 18.2 Å². The lowest BCUT2D eigenvalue weighted by molar-refractivity contribution is -0.147. The number of carbonyl (C=O) groups excluding carboxylic acids is 1. The maximum Gasteiger partial charge on any atom is 0.313 e. The van der Waals surface area contributed by atoms with Gasteiger partial charge < -0.3 is 9.47 Å². The van der Waals surface area contributed by atoms with Crippen LogP contribution in [0.15, 0.2) is 24.3 Å². The normalized spacial score (nSPS) is 21.2. The van der Waals surface area contributed by atoms with E-state index < -0.39 is 0 Å². The van der Waals surface area contributed by atoms with Crippen molar-refractivity contribution in [2.24, 2.45) is 0 Å². The fourth-order valence-electron chi connectivity index (χ4n) is 2.26. The topological polar surface area (TPSA) is 35.5 Å². The highest BCUT2D eigenvalue weighted by Gasteiger charge is 2.37. The fraction of sp³-hybridized carbons (Fsp3) is 0.500. The van der Waals surface area contributed by atoms with Gasteiger partial charge in [-0.3, -0.25) is 4.79 Å². The predicted molar refractivity (Wildman–Crippen MR) is 65.1 cm³/mol. The molecule has 1 aromatic rings. The second-order valence-corrected chi connectivity index (χ2v) is 4.91. The summed E-state index contributed by atoms with van der Waals surface area (Å²) in [5.41, 5.74) is 0.608. The van der Waals surface area contributed by atoms with Crippen molar-refractivity contribution in [3.8, 4) is 5.75 Å². The number of rotatable bonds is 2. The van der Waals surface area contributed by atoms with E-state index in [-0.39, 0.29) is 17.5 Å². The molecule has 1 aliphatic rings. The Morgan fingerprint density at radius 3 is 2.88 bits per heavy atom. The summed E-state index contributed by atoms with van der Waals surface area (Å²) >= 11 is 0. The van der Waals surface area contributed by atoms with Crippen LogP contribution in [0, 0.1) is 0 Å². The van der Waals surface area contributed by atoms with Crippen LogP contribution in [0.3, 0.4) is 0 Å². The SMILES string of the molecule is CCOC(=O)C1CC(C)(C)Oc2ccccc21. The van der Waals surface area contributed by atoms with E-state index in [0.29, 0.717) is 13.0 Å². The number of para-hydroxylation sites is 1. The molecule has 1 heterocycles. The molecule has 92 valence electrons. The quantitative estimate of drug-likeness (QED) is 0.738. The largest absolute Gasteiger partial charge is 0.488 e. The Labute approximate surface area is 102 Å². The van der Waals surface area contributed by atoms with E-state index in [0.717, 1.165) is 11.3 Å². The summed E-state index contributed by atoms with van der Waals surface area (Å²) in [6.07, 6.45) is 0.656. The first-order valence-corrected chi connectivity index (χ1v) is 5.98. The van der Waals surface area contributed by atoms with Gasteiger partial charge in [0, 0.05) is 12.0 Å². The number of esters is 1. The summed E-state index contributed by atoms with van der Waals surface area (Å²) in [6.45, 7) is 6.23. The molecule has 0 N–H and O–H groups in total. The van der Waals surface area contributed by atoms with Gasteiger partial charge in [0.25, 0.3) is 0 Å². The summed E-state index contributed by atoms with van der Waals surface area (Å²) < 4.78 is 11.0. The molecule has 17 heavy (non-hydrogen) atoms. The van der Waals surface area contributed by atoms with Crippen molar-refractivity contribution in [2.75, 3.05) is 6.61 Å². The van der Waals surface area contributed by atoms with Crippen LogP contribution in [0.2, 0.25) is 0 Å². The third kappa shape index (κ3) is 2.43. The molecule has 3 nitrogen and oxygen atoms in total. The van der Waals surface area contributed by atoms with E-state index in [4.69, 9.17) is 9.47 Å². The summed E-state index contributed by atoms with van der Waals surface area (Å²) in [5, 5.41) is 0. The molecule has 0 amide bonds. The van der Waals surface area contributed by atoms with Gasteiger partial charge in [-0.05, 0) is 26.8 Å². The van der Waals surface area contributed by atoms with E-state index in [1.165, 1.54) is 0 Å². The van der Waals surface area contributed by atoms with Gasteiger partial charge in [0.2, 0.25) is 0 Å². The van der Waals surface area contributed by atoms with Crippen molar-refractivity contribution in [1.82, 2.24) is 0 Å². The minimum atomic E-state index is -0.328. The minimum Gasteiger partial charge on any atom is -0.488 e. The van der Waals surface area contributed by atoms with E-state index in [1.807, 2.05) is 45.0 Å². The average Bonchev–Trinajstić information content (AvgIpc) is 2.27. The second kappa shape index (κ2) is 4.40. The van der Waals surface area contributed by atoms with Crippen molar-refractivity contribution >= 4 is 5.97 Å². The molecule has 1 aromatic carbocycles. The van der Waals surface area contributed by atoms with Gasteiger partial charge in [-0.2, -0.15) is 0 Å². The zero-order valence-corrected chi connectivity index (χ0v) is 10.5. The van der Waals surface area contributed by atoms with Crippen LogP contribution in [0.25, 0.3) is 0 Å². The Kier molecular flexibility index (Phi) is 3.09. The smallest absolute Gasteiger partial charge is 0.313 e. The number of benzene rings is 1. The van der Waals surface area contributed by atoms with E-state index in [1.54, 1.807) is 0 Å². The Morgan fingerprint density at radius 2 is 2.18 bits per heavy atom. The van der Waals surface area contributed by atoms with Crippen molar-refractivity contribution in [3.05, 3.63) is 29.8 Å². The number of carbonyl (C=O) groups is 1. The molecule has 3 heteroatoms. The highest BCUT2D eigenvalue weighted by atomic mass is 16.5. The predicted octanol–water partition coefficient (Wildman–Crippen LogP) is 2.89. The lowest BCUT2D eigenvalue weighted by atomic mass is 9.84. The van der Waals surface area contributed by atoms with Crippen LogP contribution < -0.4 is 4.74 Å². The first-order valence-electron chi connectivity index (χ1n) is 5.98. The first-order chi connectivity index (χ1) is 8.03. The highest BCUT2D eigenvalue weighted by Crippen LogP contribution is 2.41. The van der Waals surface area contributed by atoms with E-state index >= 15 is 0 Å². The molecule has 1 unspecified atom stereocenters. The molecule has 0 bridgehead atoms. The third-order valence-electron chi connectivity index (χ3n) is 2.95. The van der Waals surface area contributed by atoms with E-state index in [2.05, 4.69) is 0 Å². The summed E-state index contributed by atoms with van der Waals surface area (Å²) in [7, 11) is 0. The zero-order chi connectivity index (χ0) is 12.5. The molecule has 0 saturated carbocycles. The van der Waals surface area contributed by atoms with Gasteiger partial charge in [0.05, 0.1) is 12.5 Å². The second-order valence-electron chi connectivity index (χ2n) is 4.91. The number of fused-ring (bicyclic) bond motifs is 1. The van der Waals surface area contributed by atoms with Crippen LogP contribution in [0.1, 0.15) is 38.7 Å². The Hall–Kier alpha value is -1.51. The molecular formula is C14H18O3. The van der Waals surface area contributed by atoms with Crippen LogP contribution in [-0.4, -0.2) is 18.2 Å². The molecule has 1 atom stereocenters. The molecule has 0 saturated heterocycles. The fourth-order valence-corrected chi connectivity index (χ4v) is 2.26. The highest BCUT2D eigenvalue weighted by molar-refractivity contribution is 5.79. The monoisotopic (exact) mass is 234 g/mol. The zero-order valence-electron chi connectivity index (χ0n) is 10.5. The summed E-state index contributed by atoms with van der Waals surface area (Å²) in [4.78, 5) is 12.0. The Bertz CT molecular complexity index is 423. The molecule has 2 rings (SSSR count). The Balaban J connectivity index is 2.36. The number of ether oxygens (including phenoxy) is 2. The Morgan fingerprint density at radius 1 is 1.47 bits per heavy atom. The summed E-state index contributed by atoms with van der Waals surface area (Å²) in [5.74, 6) is 0.424. The van der Waals surface area contributed by atoms with Gasteiger partial charge in [-0.15, -0.1) is 0 Å². The van der Waals surface area contributed by atoms with Crippen molar-refractivity contribution in [1.29, 1.82) is 0 Å². The maximum atomic E-state index is 12.0. The van der Waals surface area contributed by atoms with Gasteiger partial charge in [0.15, 0.2) is 0 Å². The molecular weight excluding hydrogens is 216 g/mol. The third-order valence-corrected chi connectivity index (χ3v) is 2.95. The van der Waals surface area contributed by atoms with Gasteiger partial charge >= 0.3 is 5.97 Å². The van der Waals surface area contributed by atoms with Gasteiger partial charge in [0.1, 0.15) is 11.4 Å². The van der Waals surface area contributed by atoms with Crippen LogP contribution in [-0.2, 0) is 9.53 Å². The minimum absolute atomic E-state index is 0.156. The summed E-state index contributed by atoms with van der Waals surface area (Å²) in [6, 6.07) is 7.68. The molecule has 0 aromatic heterocycles. The maximum absolute atomic E-state index is 12.0. The van der Waals surface area contributed by atoms with E-state index in [9.17, 15) is 4.79 Å². The van der Waals surface area contributed by atoms with Crippen LogP contribution >= 0.6 is 0 Å². The molecule has 0 radical (unpaired) electrons. The molecule has 0 aliphatic carbocycles.